The zero-order valence-corrected chi connectivity index (χ0v) is 9.82. The van der Waals surface area contributed by atoms with Gasteiger partial charge in [0.2, 0.25) is 0 Å². The molecule has 0 aromatic rings. The summed E-state index contributed by atoms with van der Waals surface area (Å²) in [5.74, 6) is 0.555. The summed E-state index contributed by atoms with van der Waals surface area (Å²) in [5, 5.41) is 3.10. The van der Waals surface area contributed by atoms with Crippen molar-refractivity contribution in [2.45, 2.75) is 13.3 Å². The van der Waals surface area contributed by atoms with Crippen LogP contribution in [0.5, 0.6) is 0 Å². The summed E-state index contributed by atoms with van der Waals surface area (Å²) >= 11 is 0. The van der Waals surface area contributed by atoms with Crippen LogP contribution < -0.4 is 5.32 Å². The Balaban J connectivity index is 2.76. The average molecular weight is 213 g/mol. The van der Waals surface area contributed by atoms with Gasteiger partial charge in [0.25, 0.3) is 0 Å². The fourth-order valence-electron chi connectivity index (χ4n) is 1.34. The third-order valence-electron chi connectivity index (χ3n) is 2.22. The number of nitrogens with one attached hydrogen (secondary N) is 1. The fraction of sp³-hybridized carbons (Fsp3) is 0.200. The Morgan fingerprint density at radius 1 is 1.06 bits per heavy atom. The van der Waals surface area contributed by atoms with E-state index in [9.17, 15) is 0 Å². The Morgan fingerprint density at radius 2 is 1.69 bits per heavy atom. The van der Waals surface area contributed by atoms with Crippen LogP contribution in [0.3, 0.4) is 0 Å². The van der Waals surface area contributed by atoms with Crippen LogP contribution in [0.1, 0.15) is 13.3 Å². The molecule has 0 bridgehead atoms. The van der Waals surface area contributed by atoms with Gasteiger partial charge in [-0.25, -0.2) is 0 Å². The molecule has 0 saturated heterocycles. The van der Waals surface area contributed by atoms with Gasteiger partial charge >= 0.3 is 0 Å². The van der Waals surface area contributed by atoms with E-state index in [1.54, 1.807) is 0 Å². The zero-order chi connectivity index (χ0) is 11.8. The topological polar surface area (TPSA) is 12.0 Å². The number of hydrogen-bond acceptors (Lipinski definition) is 1. The van der Waals surface area contributed by atoms with E-state index in [0.717, 1.165) is 17.8 Å². The molecule has 1 nitrogen and oxygen atoms in total. The second-order valence-electron chi connectivity index (χ2n) is 3.92. The molecular formula is C15H19N. The third kappa shape index (κ3) is 5.20. The first-order valence-corrected chi connectivity index (χ1v) is 5.51. The third-order valence-corrected chi connectivity index (χ3v) is 2.22. The first-order chi connectivity index (χ1) is 7.68. The van der Waals surface area contributed by atoms with Crippen LogP contribution in [-0.2, 0) is 0 Å². The minimum absolute atomic E-state index is 0.555. The van der Waals surface area contributed by atoms with Crippen molar-refractivity contribution >= 4 is 0 Å². The molecule has 1 atom stereocenters. The van der Waals surface area contributed by atoms with Gasteiger partial charge in [-0.3, -0.25) is 0 Å². The van der Waals surface area contributed by atoms with E-state index < -0.39 is 0 Å². The normalized spacial score (nSPS) is 30.2. The van der Waals surface area contributed by atoms with E-state index in [4.69, 9.17) is 0 Å². The molecule has 84 valence electrons. The Morgan fingerprint density at radius 3 is 2.38 bits per heavy atom. The predicted octanol–water partition coefficient (Wildman–Crippen LogP) is 3.87. The van der Waals surface area contributed by atoms with Gasteiger partial charge in [0.05, 0.1) is 0 Å². The Bertz CT molecular complexity index is 367. The fourth-order valence-corrected chi connectivity index (χ4v) is 1.34. The van der Waals surface area contributed by atoms with Crippen LogP contribution in [-0.4, -0.2) is 0 Å². The lowest BCUT2D eigenvalue weighted by Gasteiger charge is -2.03. The quantitative estimate of drug-likeness (QED) is 0.644. The summed E-state index contributed by atoms with van der Waals surface area (Å²) in [7, 11) is 0. The summed E-state index contributed by atoms with van der Waals surface area (Å²) in [6.45, 7) is 9.98. The van der Waals surface area contributed by atoms with Gasteiger partial charge in [0.15, 0.2) is 0 Å². The first-order valence-electron chi connectivity index (χ1n) is 5.51. The lowest BCUT2D eigenvalue weighted by Crippen LogP contribution is -2.06. The molecule has 0 saturated carbocycles. The van der Waals surface area contributed by atoms with Crippen molar-refractivity contribution in [1.29, 1.82) is 0 Å². The molecule has 1 aliphatic heterocycles. The smallest absolute Gasteiger partial charge is 0.0310 e. The minimum Gasteiger partial charge on any atom is -0.356 e. The van der Waals surface area contributed by atoms with Crippen LogP contribution in [0.4, 0.5) is 0 Å². The van der Waals surface area contributed by atoms with Gasteiger partial charge in [-0.05, 0) is 24.5 Å². The van der Waals surface area contributed by atoms with E-state index >= 15 is 0 Å². The maximum absolute atomic E-state index is 3.89. The molecule has 0 fully saturated rings. The van der Waals surface area contributed by atoms with E-state index in [2.05, 4.69) is 43.6 Å². The maximum Gasteiger partial charge on any atom is 0.0310 e. The van der Waals surface area contributed by atoms with Crippen LogP contribution in [0.15, 0.2) is 73.2 Å². The first kappa shape index (κ1) is 12.3. The summed E-state index contributed by atoms with van der Waals surface area (Å²) < 4.78 is 0. The maximum atomic E-state index is 3.89. The van der Waals surface area contributed by atoms with Gasteiger partial charge in [-0.15, -0.1) is 0 Å². The van der Waals surface area contributed by atoms with Crippen LogP contribution in [0, 0.1) is 5.92 Å². The molecule has 1 N–H and O–H groups in total. The highest BCUT2D eigenvalue weighted by molar-refractivity contribution is 5.27. The Hall–Kier alpha value is -1.76. The van der Waals surface area contributed by atoms with Gasteiger partial charge in [-0.1, -0.05) is 56.5 Å². The Kier molecular flexibility index (Phi) is 5.13. The Labute approximate surface area is 98.3 Å². The molecule has 1 aliphatic rings. The molecule has 0 spiro atoms. The largest absolute Gasteiger partial charge is 0.356 e. The van der Waals surface area contributed by atoms with Crippen LogP contribution in [0.25, 0.3) is 0 Å². The molecule has 16 heavy (non-hydrogen) atoms. The highest BCUT2D eigenvalue weighted by Crippen LogP contribution is 2.06. The number of rotatable bonds is 0. The number of allylic oxidation sites excluding steroid dienone is 8. The molecule has 1 heteroatoms. The van der Waals surface area contributed by atoms with E-state index in [1.165, 1.54) is 0 Å². The molecule has 0 aliphatic carbocycles. The lowest BCUT2D eigenvalue weighted by molar-refractivity contribution is 0.744. The van der Waals surface area contributed by atoms with Crippen molar-refractivity contribution < 1.29 is 0 Å². The van der Waals surface area contributed by atoms with Gasteiger partial charge in [0.1, 0.15) is 0 Å². The average Bonchev–Trinajstić information content (AvgIpc) is 2.24. The standard InChI is InChI=1S/C15H19N/c1-13-9-5-4-6-11-14(2)16-15(3)12-8-7-10-13/h4-8,10-13,16H,2-3,9H2,1H3/b5-4-,10-7-,11-6-,12-8-. The van der Waals surface area contributed by atoms with Crippen LogP contribution >= 0.6 is 0 Å². The molecule has 0 amide bonds. The SMILES string of the molecule is C=C1/C=C\C=C/CC(C)/C=C\C=C/C(=C)N1. The second kappa shape index (κ2) is 6.67. The minimum atomic E-state index is 0.555. The molecule has 1 rings (SSSR count). The van der Waals surface area contributed by atoms with E-state index in [-0.39, 0.29) is 0 Å². The highest BCUT2D eigenvalue weighted by atomic mass is 14.9. The van der Waals surface area contributed by atoms with Gasteiger partial charge < -0.3 is 5.32 Å². The van der Waals surface area contributed by atoms with Crippen molar-refractivity contribution in [3.63, 3.8) is 0 Å². The van der Waals surface area contributed by atoms with Gasteiger partial charge in [-0.2, -0.15) is 0 Å². The van der Waals surface area contributed by atoms with Gasteiger partial charge in [0, 0.05) is 11.4 Å². The van der Waals surface area contributed by atoms with Crippen molar-refractivity contribution in [3.05, 3.63) is 73.2 Å². The summed E-state index contributed by atoms with van der Waals surface area (Å²) in [4.78, 5) is 0. The highest BCUT2D eigenvalue weighted by Gasteiger charge is 1.92. The summed E-state index contributed by atoms with van der Waals surface area (Å²) in [6.07, 6.45) is 17.4. The van der Waals surface area contributed by atoms with E-state index in [0.29, 0.717) is 5.92 Å². The van der Waals surface area contributed by atoms with Crippen molar-refractivity contribution in [2.75, 3.05) is 0 Å². The molecule has 1 unspecified atom stereocenters. The molecule has 0 radical (unpaired) electrons. The summed E-state index contributed by atoms with van der Waals surface area (Å²) in [6, 6.07) is 0. The molecule has 0 aromatic heterocycles. The summed E-state index contributed by atoms with van der Waals surface area (Å²) in [5.41, 5.74) is 1.69. The predicted molar refractivity (Wildman–Crippen MR) is 71.8 cm³/mol. The molecule has 1 heterocycles. The second-order valence-corrected chi connectivity index (χ2v) is 3.92. The number of hydrogen-bond donors (Lipinski definition) is 1. The lowest BCUT2D eigenvalue weighted by atomic mass is 10.1. The monoisotopic (exact) mass is 213 g/mol. The van der Waals surface area contributed by atoms with Crippen molar-refractivity contribution in [1.82, 2.24) is 5.32 Å². The van der Waals surface area contributed by atoms with Crippen LogP contribution in [0.2, 0.25) is 0 Å². The molecule has 0 aromatic carbocycles. The van der Waals surface area contributed by atoms with Crippen molar-refractivity contribution in [2.24, 2.45) is 5.92 Å². The zero-order valence-electron chi connectivity index (χ0n) is 9.82. The van der Waals surface area contributed by atoms with Crippen molar-refractivity contribution in [3.8, 4) is 0 Å². The molecular weight excluding hydrogens is 194 g/mol. The van der Waals surface area contributed by atoms with E-state index in [1.807, 2.05) is 30.4 Å².